The highest BCUT2D eigenvalue weighted by atomic mass is 35.5. The van der Waals surface area contributed by atoms with E-state index in [2.05, 4.69) is 15.3 Å². The van der Waals surface area contributed by atoms with Crippen LogP contribution in [0.2, 0.25) is 5.02 Å². The van der Waals surface area contributed by atoms with Crippen molar-refractivity contribution in [1.29, 1.82) is 0 Å². The number of hydrogen-bond acceptors (Lipinski definition) is 2. The second-order valence-electron chi connectivity index (χ2n) is 4.42. The summed E-state index contributed by atoms with van der Waals surface area (Å²) in [6.45, 7) is 1.95. The third-order valence-corrected chi connectivity index (χ3v) is 3.54. The van der Waals surface area contributed by atoms with E-state index < -0.39 is 5.82 Å². The molecular weight excluding hydrogens is 241 g/mol. The largest absolute Gasteiger partial charge is 0.342 e. The van der Waals surface area contributed by atoms with E-state index in [9.17, 15) is 4.39 Å². The molecule has 17 heavy (non-hydrogen) atoms. The van der Waals surface area contributed by atoms with E-state index in [1.807, 2.05) is 0 Å². The molecule has 0 saturated carbocycles. The van der Waals surface area contributed by atoms with Crippen molar-refractivity contribution >= 4 is 22.6 Å². The summed E-state index contributed by atoms with van der Waals surface area (Å²) in [6.07, 6.45) is 2.22. The van der Waals surface area contributed by atoms with Crippen LogP contribution in [0.4, 0.5) is 4.39 Å². The van der Waals surface area contributed by atoms with Gasteiger partial charge in [0, 0.05) is 12.5 Å². The Morgan fingerprint density at radius 3 is 3.06 bits per heavy atom. The maximum Gasteiger partial charge on any atom is 0.169 e. The Morgan fingerprint density at radius 2 is 2.29 bits per heavy atom. The van der Waals surface area contributed by atoms with Gasteiger partial charge in [-0.05, 0) is 31.5 Å². The molecular formula is C12H13ClFN3. The second-order valence-corrected chi connectivity index (χ2v) is 4.83. The summed E-state index contributed by atoms with van der Waals surface area (Å²) in [5, 5.41) is 3.45. The summed E-state index contributed by atoms with van der Waals surface area (Å²) in [5.74, 6) is 0.762. The highest BCUT2D eigenvalue weighted by Crippen LogP contribution is 2.27. The zero-order valence-electron chi connectivity index (χ0n) is 9.26. The first-order valence-electron chi connectivity index (χ1n) is 5.80. The highest BCUT2D eigenvalue weighted by Gasteiger charge is 2.20. The first-order chi connectivity index (χ1) is 8.25. The number of aromatic amines is 1. The van der Waals surface area contributed by atoms with Gasteiger partial charge in [-0.2, -0.15) is 0 Å². The fraction of sp³-hybridized carbons (Fsp3) is 0.417. The van der Waals surface area contributed by atoms with Crippen molar-refractivity contribution in [3.05, 3.63) is 28.8 Å². The average molecular weight is 254 g/mol. The number of benzene rings is 1. The molecule has 1 aliphatic heterocycles. The van der Waals surface area contributed by atoms with Crippen LogP contribution in [0.25, 0.3) is 11.0 Å². The fourth-order valence-electron chi connectivity index (χ4n) is 2.32. The third kappa shape index (κ3) is 1.91. The Bertz CT molecular complexity index is 546. The third-order valence-electron chi connectivity index (χ3n) is 3.25. The smallest absolute Gasteiger partial charge is 0.169 e. The van der Waals surface area contributed by atoms with Crippen LogP contribution in [0, 0.1) is 5.82 Å². The van der Waals surface area contributed by atoms with Gasteiger partial charge < -0.3 is 10.3 Å². The number of aromatic nitrogens is 2. The first kappa shape index (κ1) is 11.0. The number of nitrogens with zero attached hydrogens (tertiary/aromatic N) is 1. The minimum Gasteiger partial charge on any atom is -0.342 e. The molecule has 0 amide bonds. The zero-order valence-corrected chi connectivity index (χ0v) is 10.0. The molecule has 2 heterocycles. The molecule has 0 spiro atoms. The second kappa shape index (κ2) is 4.27. The molecule has 3 rings (SSSR count). The number of imidazole rings is 1. The molecule has 0 radical (unpaired) electrons. The fourth-order valence-corrected chi connectivity index (χ4v) is 2.47. The molecule has 0 aliphatic carbocycles. The van der Waals surface area contributed by atoms with Gasteiger partial charge >= 0.3 is 0 Å². The number of halogens is 2. The number of piperidine rings is 1. The molecule has 1 aromatic carbocycles. The lowest BCUT2D eigenvalue weighted by molar-refractivity contribution is 0.449. The lowest BCUT2D eigenvalue weighted by Gasteiger charge is -2.20. The first-order valence-corrected chi connectivity index (χ1v) is 6.18. The summed E-state index contributed by atoms with van der Waals surface area (Å²) in [5.41, 5.74) is 1.06. The van der Waals surface area contributed by atoms with E-state index >= 15 is 0 Å². The number of H-pyrrole nitrogens is 1. The molecule has 1 aromatic heterocycles. The molecule has 3 nitrogen and oxygen atoms in total. The van der Waals surface area contributed by atoms with E-state index in [1.54, 1.807) is 12.1 Å². The van der Waals surface area contributed by atoms with E-state index in [0.717, 1.165) is 31.8 Å². The Kier molecular flexibility index (Phi) is 2.76. The van der Waals surface area contributed by atoms with Gasteiger partial charge in [0.05, 0.1) is 10.5 Å². The number of hydrogen-bond donors (Lipinski definition) is 2. The van der Waals surface area contributed by atoms with Crippen LogP contribution < -0.4 is 5.32 Å². The van der Waals surface area contributed by atoms with Crippen LogP contribution in [0.1, 0.15) is 24.6 Å². The van der Waals surface area contributed by atoms with Crippen LogP contribution in [0.15, 0.2) is 12.1 Å². The molecule has 2 N–H and O–H groups in total. The average Bonchev–Trinajstić information content (AvgIpc) is 2.80. The van der Waals surface area contributed by atoms with Crippen LogP contribution >= 0.6 is 11.6 Å². The van der Waals surface area contributed by atoms with Crippen LogP contribution in [0.5, 0.6) is 0 Å². The van der Waals surface area contributed by atoms with Crippen LogP contribution in [-0.2, 0) is 0 Å². The molecule has 1 saturated heterocycles. The summed E-state index contributed by atoms with van der Waals surface area (Å²) in [6, 6.07) is 3.33. The number of rotatable bonds is 1. The Labute approximate surface area is 103 Å². The van der Waals surface area contributed by atoms with Gasteiger partial charge in [-0.25, -0.2) is 9.37 Å². The molecule has 1 aliphatic rings. The summed E-state index contributed by atoms with van der Waals surface area (Å²) < 4.78 is 13.7. The zero-order chi connectivity index (χ0) is 11.8. The van der Waals surface area contributed by atoms with E-state index in [1.165, 1.54) is 0 Å². The highest BCUT2D eigenvalue weighted by molar-refractivity contribution is 6.31. The standard InChI is InChI=1S/C12H13ClFN3/c13-8-3-4-9-11(10(8)14)17-12(16-9)7-2-1-5-15-6-7/h3-4,7,15H,1-2,5-6H2,(H,16,17). The van der Waals surface area contributed by atoms with E-state index in [4.69, 9.17) is 11.6 Å². The normalized spacial score (nSPS) is 20.9. The van der Waals surface area contributed by atoms with Gasteiger partial charge in [0.1, 0.15) is 11.3 Å². The number of nitrogens with one attached hydrogen (secondary N) is 2. The lowest BCUT2D eigenvalue weighted by atomic mass is 9.99. The van der Waals surface area contributed by atoms with Gasteiger partial charge in [0.25, 0.3) is 0 Å². The molecule has 1 unspecified atom stereocenters. The maximum atomic E-state index is 13.7. The van der Waals surface area contributed by atoms with Crippen molar-refractivity contribution in [1.82, 2.24) is 15.3 Å². The summed E-state index contributed by atoms with van der Waals surface area (Å²) in [4.78, 5) is 7.53. The minimum absolute atomic E-state index is 0.123. The van der Waals surface area contributed by atoms with Crippen molar-refractivity contribution < 1.29 is 4.39 Å². The van der Waals surface area contributed by atoms with Crippen LogP contribution in [-0.4, -0.2) is 23.1 Å². The van der Waals surface area contributed by atoms with Crippen molar-refractivity contribution in [3.63, 3.8) is 0 Å². The van der Waals surface area contributed by atoms with Gasteiger partial charge in [-0.3, -0.25) is 0 Å². The molecule has 2 aromatic rings. The summed E-state index contributed by atoms with van der Waals surface area (Å²) in [7, 11) is 0. The number of fused-ring (bicyclic) bond motifs is 1. The SMILES string of the molecule is Fc1c(Cl)ccc2[nH]c(C3CCCNC3)nc12. The maximum absolute atomic E-state index is 13.7. The van der Waals surface area contributed by atoms with Gasteiger partial charge in [-0.15, -0.1) is 0 Å². The van der Waals surface area contributed by atoms with E-state index in [-0.39, 0.29) is 5.02 Å². The van der Waals surface area contributed by atoms with E-state index in [0.29, 0.717) is 17.0 Å². The molecule has 1 fully saturated rings. The Morgan fingerprint density at radius 1 is 1.41 bits per heavy atom. The van der Waals surface area contributed by atoms with Gasteiger partial charge in [0.2, 0.25) is 0 Å². The quantitative estimate of drug-likeness (QED) is 0.821. The monoisotopic (exact) mass is 253 g/mol. The Balaban J connectivity index is 2.04. The lowest BCUT2D eigenvalue weighted by Crippen LogP contribution is -2.28. The molecule has 0 bridgehead atoms. The molecule has 5 heteroatoms. The van der Waals surface area contributed by atoms with Crippen molar-refractivity contribution in [2.75, 3.05) is 13.1 Å². The predicted octanol–water partition coefficient (Wildman–Crippen LogP) is 2.82. The topological polar surface area (TPSA) is 40.7 Å². The predicted molar refractivity (Wildman–Crippen MR) is 65.9 cm³/mol. The van der Waals surface area contributed by atoms with Crippen LogP contribution in [0.3, 0.4) is 0 Å². The minimum atomic E-state index is -0.435. The molecule has 1 atom stereocenters. The Hall–Kier alpha value is -1.13. The van der Waals surface area contributed by atoms with Gasteiger partial charge in [-0.1, -0.05) is 11.6 Å². The van der Waals surface area contributed by atoms with Gasteiger partial charge in [0.15, 0.2) is 5.82 Å². The van der Waals surface area contributed by atoms with Crippen molar-refractivity contribution in [3.8, 4) is 0 Å². The molecule has 90 valence electrons. The van der Waals surface area contributed by atoms with Crippen molar-refractivity contribution in [2.24, 2.45) is 0 Å². The van der Waals surface area contributed by atoms with Crippen molar-refractivity contribution in [2.45, 2.75) is 18.8 Å². The summed E-state index contributed by atoms with van der Waals surface area (Å²) >= 11 is 5.74.